The fraction of sp³-hybridized carbons (Fsp3) is 0.353. The molecule has 3 N–H and O–H groups in total. The van der Waals surface area contributed by atoms with Gasteiger partial charge in [0.2, 0.25) is 0 Å². The molecule has 2 aromatic heterocycles. The van der Waals surface area contributed by atoms with E-state index in [1.54, 1.807) is 4.57 Å². The summed E-state index contributed by atoms with van der Waals surface area (Å²) in [6, 6.07) is 5.17. The Kier molecular flexibility index (Phi) is 4.98. The lowest BCUT2D eigenvalue weighted by Crippen LogP contribution is -2.24. The molecule has 3 aromatic rings. The van der Waals surface area contributed by atoms with Gasteiger partial charge in [-0.1, -0.05) is 0 Å². The van der Waals surface area contributed by atoms with Crippen LogP contribution < -0.4 is 10.1 Å². The van der Waals surface area contributed by atoms with Crippen LogP contribution in [0.25, 0.3) is 11.2 Å². The molecule has 0 spiro atoms. The Morgan fingerprint density at radius 3 is 2.62 bits per heavy atom. The van der Waals surface area contributed by atoms with Crippen molar-refractivity contribution >= 4 is 22.7 Å². The normalized spacial score (nSPS) is 22.2. The second kappa shape index (κ2) is 7.46. The van der Waals surface area contributed by atoms with Crippen LogP contribution in [0.1, 0.15) is 12.6 Å². The Morgan fingerprint density at radius 1 is 1.21 bits per heavy atom. The van der Waals surface area contributed by atoms with Crippen molar-refractivity contribution in [1.29, 1.82) is 0 Å². The monoisotopic (exact) mass is 411 g/mol. The van der Waals surface area contributed by atoms with Gasteiger partial charge in [0.25, 0.3) is 0 Å². The smallest absolute Gasteiger partial charge is 0.406 e. The van der Waals surface area contributed by atoms with E-state index in [0.717, 1.165) is 0 Å². The second-order valence-corrected chi connectivity index (χ2v) is 6.36. The maximum Gasteiger partial charge on any atom is 0.573 e. The molecule has 9 nitrogen and oxygen atoms in total. The van der Waals surface area contributed by atoms with E-state index >= 15 is 0 Å². The number of alkyl halides is 3. The van der Waals surface area contributed by atoms with Gasteiger partial charge in [0.15, 0.2) is 17.0 Å². The van der Waals surface area contributed by atoms with E-state index in [-0.39, 0.29) is 18.8 Å². The number of rotatable bonds is 5. The van der Waals surface area contributed by atoms with E-state index in [2.05, 4.69) is 25.0 Å². The molecule has 0 aliphatic carbocycles. The molecule has 0 amide bonds. The number of ether oxygens (including phenoxy) is 2. The molecular weight excluding hydrogens is 395 g/mol. The molecule has 3 atom stereocenters. The molecule has 1 aliphatic heterocycles. The van der Waals surface area contributed by atoms with Gasteiger partial charge in [0, 0.05) is 12.1 Å². The summed E-state index contributed by atoms with van der Waals surface area (Å²) in [4.78, 5) is 12.6. The van der Waals surface area contributed by atoms with Gasteiger partial charge < -0.3 is 25.0 Å². The molecule has 1 aliphatic rings. The maximum absolute atomic E-state index is 12.3. The fourth-order valence-electron chi connectivity index (χ4n) is 3.08. The van der Waals surface area contributed by atoms with Gasteiger partial charge in [-0.15, -0.1) is 13.2 Å². The SMILES string of the molecule is OC[C@H]1OC(n2cnc3c(Nc4ccc(OC(F)(F)F)cc4)ncnc32)C[C@@H]1O. The number of anilines is 2. The Balaban J connectivity index is 1.56. The van der Waals surface area contributed by atoms with E-state index in [0.29, 0.717) is 22.7 Å². The van der Waals surface area contributed by atoms with Crippen molar-refractivity contribution in [2.75, 3.05) is 11.9 Å². The number of benzene rings is 1. The van der Waals surface area contributed by atoms with Crippen molar-refractivity contribution < 1.29 is 32.9 Å². The molecule has 154 valence electrons. The molecule has 0 bridgehead atoms. The number of aliphatic hydroxyl groups excluding tert-OH is 2. The predicted molar refractivity (Wildman–Crippen MR) is 93.4 cm³/mol. The highest BCUT2D eigenvalue weighted by Gasteiger charge is 2.35. The Bertz CT molecular complexity index is 995. The van der Waals surface area contributed by atoms with E-state index < -0.39 is 24.8 Å². The number of imidazole rings is 1. The molecule has 4 rings (SSSR count). The first-order valence-electron chi connectivity index (χ1n) is 8.59. The predicted octanol–water partition coefficient (Wildman–Crippen LogP) is 2.11. The van der Waals surface area contributed by atoms with Gasteiger partial charge in [-0.2, -0.15) is 0 Å². The van der Waals surface area contributed by atoms with Crippen molar-refractivity contribution in [2.24, 2.45) is 0 Å². The van der Waals surface area contributed by atoms with Crippen molar-refractivity contribution in [3.63, 3.8) is 0 Å². The third-order valence-electron chi connectivity index (χ3n) is 4.40. The zero-order chi connectivity index (χ0) is 20.6. The first-order valence-corrected chi connectivity index (χ1v) is 8.59. The first kappa shape index (κ1) is 19.4. The van der Waals surface area contributed by atoms with E-state index in [1.165, 1.54) is 36.9 Å². The van der Waals surface area contributed by atoms with Crippen molar-refractivity contribution in [1.82, 2.24) is 19.5 Å². The molecule has 1 unspecified atom stereocenters. The zero-order valence-electron chi connectivity index (χ0n) is 14.7. The largest absolute Gasteiger partial charge is 0.573 e. The minimum Gasteiger partial charge on any atom is -0.406 e. The number of fused-ring (bicyclic) bond motifs is 1. The minimum atomic E-state index is -4.76. The van der Waals surface area contributed by atoms with E-state index in [1.807, 2.05) is 0 Å². The van der Waals surface area contributed by atoms with Gasteiger partial charge in [0.05, 0.1) is 19.0 Å². The summed E-state index contributed by atoms with van der Waals surface area (Å²) >= 11 is 0. The fourth-order valence-corrected chi connectivity index (χ4v) is 3.08. The average molecular weight is 411 g/mol. The third kappa shape index (κ3) is 4.09. The molecule has 1 aromatic carbocycles. The molecule has 0 radical (unpaired) electrons. The number of hydrogen-bond donors (Lipinski definition) is 3. The van der Waals surface area contributed by atoms with Gasteiger partial charge in [-0.3, -0.25) is 4.57 Å². The molecule has 1 fully saturated rings. The number of halogens is 3. The average Bonchev–Trinajstić information content (AvgIpc) is 3.26. The molecule has 0 saturated carbocycles. The lowest BCUT2D eigenvalue weighted by Gasteiger charge is -2.13. The summed E-state index contributed by atoms with van der Waals surface area (Å²) < 4.78 is 47.9. The Hall–Kier alpha value is -2.96. The first-order chi connectivity index (χ1) is 13.8. The van der Waals surface area contributed by atoms with Crippen LogP contribution in [0, 0.1) is 0 Å². The number of aromatic nitrogens is 4. The molecule has 12 heteroatoms. The third-order valence-corrected chi connectivity index (χ3v) is 4.40. The van der Waals surface area contributed by atoms with E-state index in [4.69, 9.17) is 4.74 Å². The van der Waals surface area contributed by atoms with Crippen LogP contribution in [0.3, 0.4) is 0 Å². The van der Waals surface area contributed by atoms with Gasteiger partial charge >= 0.3 is 6.36 Å². The van der Waals surface area contributed by atoms with Crippen LogP contribution in [-0.4, -0.2) is 54.9 Å². The zero-order valence-corrected chi connectivity index (χ0v) is 14.7. The highest BCUT2D eigenvalue weighted by molar-refractivity contribution is 5.85. The van der Waals surface area contributed by atoms with Crippen molar-refractivity contribution in [3.05, 3.63) is 36.9 Å². The summed E-state index contributed by atoms with van der Waals surface area (Å²) in [5.74, 6) is 0.00559. The molecule has 29 heavy (non-hydrogen) atoms. The van der Waals surface area contributed by atoms with Crippen LogP contribution in [0.4, 0.5) is 24.7 Å². The van der Waals surface area contributed by atoms with Gasteiger partial charge in [0.1, 0.15) is 24.4 Å². The van der Waals surface area contributed by atoms with E-state index in [9.17, 15) is 23.4 Å². The summed E-state index contributed by atoms with van der Waals surface area (Å²) in [5.41, 5.74) is 1.32. The lowest BCUT2D eigenvalue weighted by molar-refractivity contribution is -0.274. The standard InChI is InChI=1S/C17H16F3N5O4/c18-17(19,20)29-10-3-1-9(2-4-10)24-15-14-16(22-7-21-15)25(8-23-14)13-5-11(27)12(6-26)28-13/h1-4,7-8,11-13,26-27H,5-6H2,(H,21,22,24)/t11-,12+,13?/m0/s1. The van der Waals surface area contributed by atoms with Crippen LogP contribution in [0.5, 0.6) is 5.75 Å². The van der Waals surface area contributed by atoms with Crippen LogP contribution >= 0.6 is 0 Å². The maximum atomic E-state index is 12.3. The summed E-state index contributed by atoms with van der Waals surface area (Å²) in [6.45, 7) is -0.305. The van der Waals surface area contributed by atoms with Gasteiger partial charge in [-0.25, -0.2) is 15.0 Å². The summed E-state index contributed by atoms with van der Waals surface area (Å²) in [7, 11) is 0. The lowest BCUT2D eigenvalue weighted by atomic mass is 10.2. The molecular formula is C17H16F3N5O4. The van der Waals surface area contributed by atoms with Crippen molar-refractivity contribution in [3.8, 4) is 5.75 Å². The minimum absolute atomic E-state index is 0.268. The van der Waals surface area contributed by atoms with Crippen LogP contribution in [0.15, 0.2) is 36.9 Å². The molecule has 3 heterocycles. The molecule has 1 saturated heterocycles. The highest BCUT2D eigenvalue weighted by atomic mass is 19.4. The highest BCUT2D eigenvalue weighted by Crippen LogP contribution is 2.32. The second-order valence-electron chi connectivity index (χ2n) is 6.36. The Labute approximate surface area is 161 Å². The Morgan fingerprint density at radius 2 is 1.97 bits per heavy atom. The number of nitrogens with one attached hydrogen (secondary N) is 1. The number of nitrogens with zero attached hydrogens (tertiary/aromatic N) is 4. The van der Waals surface area contributed by atoms with Crippen LogP contribution in [-0.2, 0) is 4.74 Å². The van der Waals surface area contributed by atoms with Crippen molar-refractivity contribution in [2.45, 2.75) is 31.2 Å². The van der Waals surface area contributed by atoms with Gasteiger partial charge in [-0.05, 0) is 24.3 Å². The quantitative estimate of drug-likeness (QED) is 0.585. The number of hydrogen-bond acceptors (Lipinski definition) is 8. The topological polar surface area (TPSA) is 115 Å². The number of aliphatic hydroxyl groups is 2. The van der Waals surface area contributed by atoms with Crippen LogP contribution in [0.2, 0.25) is 0 Å². The summed E-state index contributed by atoms with van der Waals surface area (Å²) in [5, 5.41) is 22.1. The summed E-state index contributed by atoms with van der Waals surface area (Å²) in [6.07, 6.45) is -3.74.